The highest BCUT2D eigenvalue weighted by Crippen LogP contribution is 2.29. The van der Waals surface area contributed by atoms with Crippen molar-refractivity contribution in [2.45, 2.75) is 6.18 Å². The number of nitrogens with zero attached hydrogens (tertiary/aromatic N) is 5. The second-order valence-electron chi connectivity index (χ2n) is 7.81. The van der Waals surface area contributed by atoms with Crippen LogP contribution in [0, 0.1) is 0 Å². The van der Waals surface area contributed by atoms with Gasteiger partial charge in [-0.2, -0.15) is 18.3 Å². The number of fused-ring (bicyclic) bond motifs is 1. The van der Waals surface area contributed by atoms with Crippen LogP contribution in [0.15, 0.2) is 48.4 Å². The first-order valence-electron chi connectivity index (χ1n) is 10.6. The van der Waals surface area contributed by atoms with Gasteiger partial charge < -0.3 is 15.5 Å². The SMILES string of the molecule is O=C(NCC(F)(F)F)c1cc(-c2cnn3cc(-c4ccc(N5CCNCC5)nc4)cnc23)cs1. The van der Waals surface area contributed by atoms with E-state index in [2.05, 4.69) is 25.3 Å². The van der Waals surface area contributed by atoms with E-state index in [1.54, 1.807) is 28.4 Å². The van der Waals surface area contributed by atoms with Gasteiger partial charge in [0.1, 0.15) is 12.4 Å². The molecule has 5 heterocycles. The van der Waals surface area contributed by atoms with Crippen LogP contribution in [0.3, 0.4) is 0 Å². The molecule has 2 N–H and O–H groups in total. The Morgan fingerprint density at radius 3 is 2.62 bits per heavy atom. The van der Waals surface area contributed by atoms with Gasteiger partial charge in [-0.05, 0) is 29.1 Å². The second kappa shape index (κ2) is 9.03. The van der Waals surface area contributed by atoms with Gasteiger partial charge in [-0.1, -0.05) is 0 Å². The molecule has 0 aromatic carbocycles. The van der Waals surface area contributed by atoms with E-state index in [9.17, 15) is 18.0 Å². The van der Waals surface area contributed by atoms with E-state index in [4.69, 9.17) is 0 Å². The highest BCUT2D eigenvalue weighted by atomic mass is 32.1. The lowest BCUT2D eigenvalue weighted by Crippen LogP contribution is -2.43. The summed E-state index contributed by atoms with van der Waals surface area (Å²) in [6, 6.07) is 5.54. The summed E-state index contributed by atoms with van der Waals surface area (Å²) < 4.78 is 38.7. The lowest BCUT2D eigenvalue weighted by Gasteiger charge is -2.28. The number of anilines is 1. The minimum atomic E-state index is -4.46. The molecule has 1 aliphatic heterocycles. The lowest BCUT2D eigenvalue weighted by atomic mass is 10.1. The number of pyridine rings is 1. The number of carbonyl (C=O) groups is 1. The van der Waals surface area contributed by atoms with Crippen LogP contribution in [-0.2, 0) is 0 Å². The zero-order valence-electron chi connectivity index (χ0n) is 17.8. The minimum absolute atomic E-state index is 0.186. The molecule has 0 radical (unpaired) electrons. The standard InChI is InChI=1S/C22H20F3N7OS/c23-22(24,25)13-29-21(33)18-7-15(12-34-18)17-10-30-32-11-16(9-28-20(17)32)14-1-2-19(27-8-14)31-5-3-26-4-6-31/h1-2,7-12,26H,3-6,13H2,(H,29,33). The molecular formula is C22H20F3N7OS. The van der Waals surface area contributed by atoms with Crippen molar-refractivity contribution in [2.75, 3.05) is 37.6 Å². The largest absolute Gasteiger partial charge is 0.405 e. The van der Waals surface area contributed by atoms with Crippen molar-refractivity contribution in [2.24, 2.45) is 0 Å². The summed E-state index contributed by atoms with van der Waals surface area (Å²) in [7, 11) is 0. The van der Waals surface area contributed by atoms with Gasteiger partial charge in [-0.25, -0.2) is 14.5 Å². The summed E-state index contributed by atoms with van der Waals surface area (Å²) in [5.41, 5.74) is 3.68. The van der Waals surface area contributed by atoms with Crippen LogP contribution in [-0.4, -0.2) is 64.4 Å². The molecule has 1 aliphatic rings. The molecule has 5 rings (SSSR count). The number of thiophene rings is 1. The maximum absolute atomic E-state index is 12.4. The summed E-state index contributed by atoms with van der Waals surface area (Å²) in [6.45, 7) is 2.35. The molecule has 0 aliphatic carbocycles. The Morgan fingerprint density at radius 2 is 1.88 bits per heavy atom. The average molecular weight is 488 g/mol. The van der Waals surface area contributed by atoms with Crippen molar-refractivity contribution in [1.82, 2.24) is 30.2 Å². The van der Waals surface area contributed by atoms with Crippen LogP contribution < -0.4 is 15.5 Å². The predicted octanol–water partition coefficient (Wildman–Crippen LogP) is 3.22. The van der Waals surface area contributed by atoms with E-state index in [1.165, 1.54) is 0 Å². The number of halogens is 3. The van der Waals surface area contributed by atoms with E-state index in [0.29, 0.717) is 16.8 Å². The summed E-state index contributed by atoms with van der Waals surface area (Å²) in [5, 5.41) is 11.3. The summed E-state index contributed by atoms with van der Waals surface area (Å²) >= 11 is 1.07. The predicted molar refractivity (Wildman–Crippen MR) is 123 cm³/mol. The van der Waals surface area contributed by atoms with E-state index in [1.807, 2.05) is 29.8 Å². The molecule has 4 aromatic heterocycles. The van der Waals surface area contributed by atoms with Gasteiger partial charge >= 0.3 is 6.18 Å². The number of hydrogen-bond acceptors (Lipinski definition) is 7. The Balaban J connectivity index is 1.34. The molecule has 1 saturated heterocycles. The molecule has 4 aromatic rings. The zero-order chi connectivity index (χ0) is 23.7. The normalized spacial score (nSPS) is 14.5. The fourth-order valence-electron chi connectivity index (χ4n) is 3.73. The van der Waals surface area contributed by atoms with Crippen LogP contribution in [0.25, 0.3) is 27.9 Å². The second-order valence-corrected chi connectivity index (χ2v) is 8.72. The van der Waals surface area contributed by atoms with Gasteiger partial charge in [0, 0.05) is 61.5 Å². The Kier molecular flexibility index (Phi) is 5.92. The molecule has 0 unspecified atom stereocenters. The van der Waals surface area contributed by atoms with Crippen molar-refractivity contribution >= 4 is 28.7 Å². The third kappa shape index (κ3) is 4.73. The smallest absolute Gasteiger partial charge is 0.354 e. The third-order valence-corrected chi connectivity index (χ3v) is 6.39. The van der Waals surface area contributed by atoms with Crippen LogP contribution in [0.5, 0.6) is 0 Å². The summed E-state index contributed by atoms with van der Waals surface area (Å²) in [5.74, 6) is 0.172. The van der Waals surface area contributed by atoms with Gasteiger partial charge in [0.05, 0.1) is 11.1 Å². The monoisotopic (exact) mass is 487 g/mol. The number of hydrogen-bond donors (Lipinski definition) is 2. The molecule has 8 nitrogen and oxygen atoms in total. The van der Waals surface area contributed by atoms with Crippen molar-refractivity contribution in [1.29, 1.82) is 0 Å². The molecule has 1 amide bonds. The molecule has 12 heteroatoms. The number of amides is 1. The maximum atomic E-state index is 12.4. The molecule has 0 saturated carbocycles. The quantitative estimate of drug-likeness (QED) is 0.450. The Labute approximate surface area is 196 Å². The molecule has 34 heavy (non-hydrogen) atoms. The van der Waals surface area contributed by atoms with E-state index >= 15 is 0 Å². The number of piperazine rings is 1. The molecule has 0 spiro atoms. The average Bonchev–Trinajstić information content (AvgIpc) is 3.49. The molecule has 176 valence electrons. The topological polar surface area (TPSA) is 87.5 Å². The number of carbonyl (C=O) groups excluding carboxylic acids is 1. The van der Waals surface area contributed by atoms with Gasteiger partial charge in [0.15, 0.2) is 5.65 Å². The van der Waals surface area contributed by atoms with Crippen LogP contribution in [0.1, 0.15) is 9.67 Å². The Morgan fingerprint density at radius 1 is 1.09 bits per heavy atom. The molecule has 0 atom stereocenters. The number of rotatable bonds is 5. The van der Waals surface area contributed by atoms with E-state index < -0.39 is 18.6 Å². The Bertz CT molecular complexity index is 1310. The number of aromatic nitrogens is 4. The minimum Gasteiger partial charge on any atom is -0.354 e. The number of nitrogens with one attached hydrogen (secondary N) is 2. The fraction of sp³-hybridized carbons (Fsp3) is 0.273. The molecule has 0 bridgehead atoms. The van der Waals surface area contributed by atoms with Crippen molar-refractivity contribution in [3.8, 4) is 22.3 Å². The first-order chi connectivity index (χ1) is 16.4. The van der Waals surface area contributed by atoms with Gasteiger partial charge in [-0.3, -0.25) is 4.79 Å². The van der Waals surface area contributed by atoms with Crippen LogP contribution >= 0.6 is 11.3 Å². The van der Waals surface area contributed by atoms with E-state index in [-0.39, 0.29) is 4.88 Å². The molecular weight excluding hydrogens is 467 g/mol. The maximum Gasteiger partial charge on any atom is 0.405 e. The van der Waals surface area contributed by atoms with Crippen LogP contribution in [0.2, 0.25) is 0 Å². The van der Waals surface area contributed by atoms with Crippen molar-refractivity contribution < 1.29 is 18.0 Å². The summed E-state index contributed by atoms with van der Waals surface area (Å²) in [6.07, 6.45) is 2.55. The fourth-order valence-corrected chi connectivity index (χ4v) is 4.55. The van der Waals surface area contributed by atoms with Gasteiger partial charge in [0.2, 0.25) is 0 Å². The first-order valence-corrected chi connectivity index (χ1v) is 11.4. The van der Waals surface area contributed by atoms with Crippen molar-refractivity contribution in [3.63, 3.8) is 0 Å². The molecule has 1 fully saturated rings. The number of alkyl halides is 3. The van der Waals surface area contributed by atoms with Gasteiger partial charge in [0.25, 0.3) is 5.91 Å². The Hall–Kier alpha value is -3.51. The highest BCUT2D eigenvalue weighted by Gasteiger charge is 2.28. The third-order valence-electron chi connectivity index (χ3n) is 5.46. The first kappa shape index (κ1) is 22.3. The lowest BCUT2D eigenvalue weighted by molar-refractivity contribution is -0.123. The van der Waals surface area contributed by atoms with Crippen molar-refractivity contribution in [3.05, 3.63) is 53.2 Å². The summed E-state index contributed by atoms with van der Waals surface area (Å²) in [4.78, 5) is 23.6. The van der Waals surface area contributed by atoms with Gasteiger partial charge in [-0.15, -0.1) is 11.3 Å². The van der Waals surface area contributed by atoms with E-state index in [0.717, 1.165) is 54.5 Å². The highest BCUT2D eigenvalue weighted by molar-refractivity contribution is 7.12. The van der Waals surface area contributed by atoms with Crippen LogP contribution in [0.4, 0.5) is 19.0 Å². The zero-order valence-corrected chi connectivity index (χ0v) is 18.7.